The van der Waals surface area contributed by atoms with Crippen LogP contribution in [-0.4, -0.2) is 39.2 Å². The molecule has 0 radical (unpaired) electrons. The summed E-state index contributed by atoms with van der Waals surface area (Å²) in [6.45, 7) is 2.19. The standard InChI is InChI=1S/C13H17N3OS/c1-9(12(8-17)18-2)15-13-7-14-10-5-3-4-6-11(10)16-13/h3-7,9,12,17H,8H2,1-2H3,(H,15,16)/t9-,12-/m0/s1. The maximum absolute atomic E-state index is 9.25. The van der Waals surface area contributed by atoms with Crippen LogP contribution >= 0.6 is 11.8 Å². The first kappa shape index (κ1) is 13.1. The Morgan fingerprint density at radius 3 is 2.72 bits per heavy atom. The molecule has 0 unspecified atom stereocenters. The van der Waals surface area contributed by atoms with Gasteiger partial charge in [0.15, 0.2) is 0 Å². The van der Waals surface area contributed by atoms with Gasteiger partial charge in [-0.25, -0.2) is 4.98 Å². The highest BCUT2D eigenvalue weighted by atomic mass is 32.2. The number of aliphatic hydroxyl groups is 1. The van der Waals surface area contributed by atoms with E-state index < -0.39 is 0 Å². The maximum Gasteiger partial charge on any atom is 0.145 e. The second kappa shape index (κ2) is 6.02. The fraction of sp³-hybridized carbons (Fsp3) is 0.385. The molecule has 1 aromatic carbocycles. The monoisotopic (exact) mass is 263 g/mol. The van der Waals surface area contributed by atoms with Crippen LogP contribution in [0.15, 0.2) is 30.5 Å². The van der Waals surface area contributed by atoms with E-state index in [0.29, 0.717) is 0 Å². The number of nitrogens with zero attached hydrogens (tertiary/aromatic N) is 2. The van der Waals surface area contributed by atoms with Crippen molar-refractivity contribution in [3.05, 3.63) is 30.5 Å². The van der Waals surface area contributed by atoms with Crippen LogP contribution in [-0.2, 0) is 0 Å². The van der Waals surface area contributed by atoms with Crippen LogP contribution in [0, 0.1) is 0 Å². The zero-order valence-electron chi connectivity index (χ0n) is 10.5. The fourth-order valence-corrected chi connectivity index (χ4v) is 2.42. The number of fused-ring (bicyclic) bond motifs is 1. The number of aliphatic hydroxyl groups excluding tert-OH is 1. The van der Waals surface area contributed by atoms with Crippen LogP contribution < -0.4 is 5.32 Å². The summed E-state index contributed by atoms with van der Waals surface area (Å²) in [5, 5.41) is 12.7. The van der Waals surface area contributed by atoms with Gasteiger partial charge in [0.2, 0.25) is 0 Å². The summed E-state index contributed by atoms with van der Waals surface area (Å²) >= 11 is 1.64. The molecule has 0 saturated heterocycles. The van der Waals surface area contributed by atoms with Crippen molar-refractivity contribution in [2.24, 2.45) is 0 Å². The Labute approximate surface area is 111 Å². The molecule has 0 amide bonds. The summed E-state index contributed by atoms with van der Waals surface area (Å²) < 4.78 is 0. The molecule has 0 bridgehead atoms. The predicted molar refractivity (Wildman–Crippen MR) is 77.0 cm³/mol. The van der Waals surface area contributed by atoms with E-state index in [9.17, 15) is 5.11 Å². The van der Waals surface area contributed by atoms with Gasteiger partial charge in [0.1, 0.15) is 5.82 Å². The topological polar surface area (TPSA) is 58.0 Å². The van der Waals surface area contributed by atoms with E-state index in [1.807, 2.05) is 37.4 Å². The second-order valence-electron chi connectivity index (χ2n) is 4.13. The molecule has 0 aliphatic heterocycles. The quantitative estimate of drug-likeness (QED) is 0.865. The van der Waals surface area contributed by atoms with Crippen molar-refractivity contribution in [1.82, 2.24) is 9.97 Å². The largest absolute Gasteiger partial charge is 0.395 e. The van der Waals surface area contributed by atoms with Gasteiger partial charge in [-0.1, -0.05) is 12.1 Å². The molecule has 0 aliphatic rings. The summed E-state index contributed by atoms with van der Waals surface area (Å²) in [6, 6.07) is 7.91. The molecule has 2 atom stereocenters. The van der Waals surface area contributed by atoms with Gasteiger partial charge in [0, 0.05) is 11.3 Å². The van der Waals surface area contributed by atoms with E-state index in [2.05, 4.69) is 15.3 Å². The van der Waals surface area contributed by atoms with Crippen LogP contribution in [0.4, 0.5) is 5.82 Å². The van der Waals surface area contributed by atoms with Crippen LogP contribution in [0.2, 0.25) is 0 Å². The summed E-state index contributed by atoms with van der Waals surface area (Å²) in [5.41, 5.74) is 1.76. The maximum atomic E-state index is 9.25. The van der Waals surface area contributed by atoms with Crippen LogP contribution in [0.25, 0.3) is 11.0 Å². The van der Waals surface area contributed by atoms with Crippen molar-refractivity contribution in [1.29, 1.82) is 0 Å². The Morgan fingerprint density at radius 1 is 1.33 bits per heavy atom. The number of hydrogen-bond acceptors (Lipinski definition) is 5. The molecule has 0 spiro atoms. The van der Waals surface area contributed by atoms with Gasteiger partial charge in [-0.05, 0) is 25.3 Å². The van der Waals surface area contributed by atoms with Gasteiger partial charge >= 0.3 is 0 Å². The molecule has 96 valence electrons. The minimum atomic E-state index is 0.139. The van der Waals surface area contributed by atoms with Crippen molar-refractivity contribution < 1.29 is 5.11 Å². The number of thioether (sulfide) groups is 1. The first-order valence-electron chi connectivity index (χ1n) is 5.86. The normalized spacial score (nSPS) is 14.4. The van der Waals surface area contributed by atoms with E-state index in [-0.39, 0.29) is 17.9 Å². The third kappa shape index (κ3) is 2.91. The Balaban J connectivity index is 2.16. The molecule has 1 aromatic heterocycles. The fourth-order valence-electron chi connectivity index (χ4n) is 1.79. The highest BCUT2D eigenvalue weighted by Gasteiger charge is 2.15. The number of para-hydroxylation sites is 2. The molecule has 1 heterocycles. The van der Waals surface area contributed by atoms with Crippen LogP contribution in [0.5, 0.6) is 0 Å². The minimum absolute atomic E-state index is 0.139. The Hall–Kier alpha value is -1.33. The number of hydrogen-bond donors (Lipinski definition) is 2. The average Bonchev–Trinajstić information content (AvgIpc) is 2.40. The second-order valence-corrected chi connectivity index (χ2v) is 5.21. The molecule has 18 heavy (non-hydrogen) atoms. The van der Waals surface area contributed by atoms with Gasteiger partial charge in [-0.3, -0.25) is 4.98 Å². The smallest absolute Gasteiger partial charge is 0.145 e. The molecule has 2 aromatic rings. The molecule has 0 aliphatic carbocycles. The van der Waals surface area contributed by atoms with Gasteiger partial charge in [0.05, 0.1) is 23.8 Å². The zero-order valence-corrected chi connectivity index (χ0v) is 11.3. The molecule has 0 saturated carbocycles. The van der Waals surface area contributed by atoms with Crippen molar-refractivity contribution in [3.8, 4) is 0 Å². The molecular formula is C13H17N3OS. The lowest BCUT2D eigenvalue weighted by molar-refractivity contribution is 0.288. The van der Waals surface area contributed by atoms with E-state index >= 15 is 0 Å². The van der Waals surface area contributed by atoms with Crippen molar-refractivity contribution >= 4 is 28.6 Å². The van der Waals surface area contributed by atoms with Crippen LogP contribution in [0.1, 0.15) is 6.92 Å². The highest BCUT2D eigenvalue weighted by Crippen LogP contribution is 2.16. The van der Waals surface area contributed by atoms with E-state index in [1.165, 1.54) is 0 Å². The minimum Gasteiger partial charge on any atom is -0.395 e. The van der Waals surface area contributed by atoms with Crippen molar-refractivity contribution in [2.75, 3.05) is 18.2 Å². The SMILES string of the molecule is CS[C@@H](CO)[C@H](C)Nc1cnc2ccccc2n1. The molecule has 5 heteroatoms. The number of rotatable bonds is 5. The lowest BCUT2D eigenvalue weighted by Crippen LogP contribution is -2.31. The number of nitrogens with one attached hydrogen (secondary N) is 1. The third-order valence-electron chi connectivity index (χ3n) is 2.86. The Bertz CT molecular complexity index is 516. The zero-order chi connectivity index (χ0) is 13.0. The van der Waals surface area contributed by atoms with Crippen molar-refractivity contribution in [3.63, 3.8) is 0 Å². The number of benzene rings is 1. The van der Waals surface area contributed by atoms with E-state index in [4.69, 9.17) is 0 Å². The summed E-state index contributed by atoms with van der Waals surface area (Å²) in [5.74, 6) is 0.744. The van der Waals surface area contributed by atoms with Gasteiger partial charge in [-0.2, -0.15) is 11.8 Å². The summed E-state index contributed by atoms with van der Waals surface area (Å²) in [6.07, 6.45) is 3.72. The molecule has 2 rings (SSSR count). The lowest BCUT2D eigenvalue weighted by Gasteiger charge is -2.21. The molecule has 0 fully saturated rings. The van der Waals surface area contributed by atoms with E-state index in [0.717, 1.165) is 16.9 Å². The number of anilines is 1. The average molecular weight is 263 g/mol. The summed E-state index contributed by atoms with van der Waals surface area (Å²) in [4.78, 5) is 8.85. The number of aromatic nitrogens is 2. The third-order valence-corrected chi connectivity index (χ3v) is 4.03. The lowest BCUT2D eigenvalue weighted by atomic mass is 10.2. The summed E-state index contributed by atoms with van der Waals surface area (Å²) in [7, 11) is 0. The van der Waals surface area contributed by atoms with Gasteiger partial charge in [0.25, 0.3) is 0 Å². The molecule has 4 nitrogen and oxygen atoms in total. The first-order chi connectivity index (χ1) is 8.74. The first-order valence-corrected chi connectivity index (χ1v) is 7.15. The van der Waals surface area contributed by atoms with Gasteiger partial charge < -0.3 is 10.4 Å². The predicted octanol–water partition coefficient (Wildman–Crippen LogP) is 2.15. The highest BCUT2D eigenvalue weighted by molar-refractivity contribution is 7.99. The van der Waals surface area contributed by atoms with Crippen LogP contribution in [0.3, 0.4) is 0 Å². The van der Waals surface area contributed by atoms with E-state index in [1.54, 1.807) is 18.0 Å². The molecular weight excluding hydrogens is 246 g/mol. The van der Waals surface area contributed by atoms with Gasteiger partial charge in [-0.15, -0.1) is 0 Å². The Kier molecular flexibility index (Phi) is 4.38. The Morgan fingerprint density at radius 2 is 2.06 bits per heavy atom. The molecule has 2 N–H and O–H groups in total. The van der Waals surface area contributed by atoms with Crippen molar-refractivity contribution in [2.45, 2.75) is 18.2 Å².